The minimum Gasteiger partial charge on any atom is -0.368 e. The second-order valence-electron chi connectivity index (χ2n) is 11.1. The van der Waals surface area contributed by atoms with Crippen LogP contribution in [0.2, 0.25) is 0 Å². The van der Waals surface area contributed by atoms with Gasteiger partial charge in [0.1, 0.15) is 17.6 Å². The predicted octanol–water partition coefficient (Wildman–Crippen LogP) is 1.10. The molecule has 1 aromatic rings. The van der Waals surface area contributed by atoms with E-state index in [1.54, 1.807) is 12.1 Å². The molecule has 0 unspecified atom stereocenters. The van der Waals surface area contributed by atoms with Gasteiger partial charge in [-0.25, -0.2) is 8.42 Å². The fourth-order valence-electron chi connectivity index (χ4n) is 5.37. The van der Waals surface area contributed by atoms with Gasteiger partial charge in [0.2, 0.25) is 33.7 Å². The maximum Gasteiger partial charge on any atom is 0.244 e. The second kappa shape index (κ2) is 12.9. The number of hydrogen-bond donors (Lipinski definition) is 4. The van der Waals surface area contributed by atoms with Crippen LogP contribution in [0.1, 0.15) is 70.8 Å². The molecule has 39 heavy (non-hydrogen) atoms. The molecular weight excluding hydrogens is 522 g/mol. The molecule has 3 rings (SSSR count). The molecule has 2 aliphatic rings. The van der Waals surface area contributed by atoms with Crippen molar-refractivity contribution in [1.82, 2.24) is 20.3 Å². The Bertz CT molecular complexity index is 1160. The van der Waals surface area contributed by atoms with E-state index in [9.17, 15) is 27.6 Å². The summed E-state index contributed by atoms with van der Waals surface area (Å²) in [7, 11) is -3.99. The third-order valence-corrected chi connectivity index (χ3v) is 8.92. The van der Waals surface area contributed by atoms with Crippen molar-refractivity contribution < 1.29 is 27.6 Å². The Labute approximate surface area is 230 Å². The number of benzene rings is 1. The van der Waals surface area contributed by atoms with Gasteiger partial charge in [-0.05, 0) is 57.1 Å². The number of rotatable bonds is 11. The van der Waals surface area contributed by atoms with E-state index < -0.39 is 51.3 Å². The molecule has 0 bridgehead atoms. The quantitative estimate of drug-likeness (QED) is 0.314. The highest BCUT2D eigenvalue weighted by Crippen LogP contribution is 2.34. The number of primary amides is 1. The Hall–Kier alpha value is -2.99. The number of amides is 4. The summed E-state index contributed by atoms with van der Waals surface area (Å²) in [5, 5.41) is 5.19. The first kappa shape index (κ1) is 30.6. The Balaban J connectivity index is 1.81. The fraction of sp³-hybridized carbons (Fsp3) is 0.630. The summed E-state index contributed by atoms with van der Waals surface area (Å²) in [5.41, 5.74) is 4.70. The molecule has 5 N–H and O–H groups in total. The first-order chi connectivity index (χ1) is 18.3. The average Bonchev–Trinajstić information content (AvgIpc) is 3.36. The molecular formula is C27H41N5O6S. The van der Waals surface area contributed by atoms with E-state index in [0.29, 0.717) is 51.5 Å². The van der Waals surface area contributed by atoms with Crippen molar-refractivity contribution in [3.63, 3.8) is 0 Å². The normalized spacial score (nSPS) is 19.9. The van der Waals surface area contributed by atoms with Gasteiger partial charge >= 0.3 is 0 Å². The van der Waals surface area contributed by atoms with Gasteiger partial charge < -0.3 is 21.3 Å². The van der Waals surface area contributed by atoms with E-state index in [0.717, 1.165) is 12.0 Å². The van der Waals surface area contributed by atoms with Crippen LogP contribution in [0.15, 0.2) is 29.2 Å². The van der Waals surface area contributed by atoms with Crippen molar-refractivity contribution in [3.05, 3.63) is 29.8 Å². The Morgan fingerprint density at radius 3 is 2.28 bits per heavy atom. The zero-order valence-electron chi connectivity index (χ0n) is 23.0. The number of sulfonamides is 1. The number of likely N-dealkylation sites (tertiary alicyclic amines) is 1. The number of hydrogen-bond acceptors (Lipinski definition) is 6. The van der Waals surface area contributed by atoms with E-state index in [1.165, 1.54) is 17.0 Å². The van der Waals surface area contributed by atoms with Crippen LogP contribution >= 0.6 is 0 Å². The van der Waals surface area contributed by atoms with Gasteiger partial charge in [-0.3, -0.25) is 19.2 Å². The molecule has 0 spiro atoms. The monoisotopic (exact) mass is 563 g/mol. The van der Waals surface area contributed by atoms with Gasteiger partial charge in [-0.2, -0.15) is 4.72 Å². The Morgan fingerprint density at radius 2 is 1.69 bits per heavy atom. The molecule has 1 aromatic carbocycles. The van der Waals surface area contributed by atoms with Crippen molar-refractivity contribution in [2.75, 3.05) is 13.1 Å². The van der Waals surface area contributed by atoms with Crippen LogP contribution in [-0.2, 0) is 29.2 Å². The van der Waals surface area contributed by atoms with Crippen LogP contribution in [0.3, 0.4) is 0 Å². The van der Waals surface area contributed by atoms with E-state index >= 15 is 0 Å². The standard InChI is InChI=1S/C27H41N5O6S/c1-18(2)16-21(24(34)29-17-23(28)33)30-25(35)22-8-7-15-32(22)26(36)27(13-5-4-6-14-27)31-39(37,38)20-11-9-19(3)10-12-20/h9-12,18,21-22,31H,4-8,13-17H2,1-3H3,(H2,28,33)(H,29,34)(H,30,35)/t21-,22-/m0/s1. The van der Waals surface area contributed by atoms with Crippen molar-refractivity contribution in [2.45, 2.75) is 94.7 Å². The van der Waals surface area contributed by atoms with Crippen LogP contribution in [0, 0.1) is 12.8 Å². The first-order valence-corrected chi connectivity index (χ1v) is 15.1. The number of carbonyl (C=O) groups excluding carboxylic acids is 4. The molecule has 1 aliphatic heterocycles. The number of nitrogens with two attached hydrogens (primary N) is 1. The summed E-state index contributed by atoms with van der Waals surface area (Å²) in [6, 6.07) is 4.71. The van der Waals surface area contributed by atoms with Crippen LogP contribution in [0.4, 0.5) is 0 Å². The van der Waals surface area contributed by atoms with E-state index in [4.69, 9.17) is 5.73 Å². The summed E-state index contributed by atoms with van der Waals surface area (Å²) >= 11 is 0. The Morgan fingerprint density at radius 1 is 1.05 bits per heavy atom. The molecule has 12 heteroatoms. The van der Waals surface area contributed by atoms with Crippen molar-refractivity contribution in [1.29, 1.82) is 0 Å². The third kappa shape index (κ3) is 7.78. The second-order valence-corrected chi connectivity index (χ2v) is 12.8. The molecule has 1 saturated carbocycles. The number of carbonyl (C=O) groups is 4. The molecule has 1 saturated heterocycles. The van der Waals surface area contributed by atoms with Crippen LogP contribution in [-0.4, -0.2) is 67.7 Å². The van der Waals surface area contributed by atoms with Gasteiger partial charge in [0, 0.05) is 6.54 Å². The molecule has 2 atom stereocenters. The van der Waals surface area contributed by atoms with Gasteiger partial charge in [-0.15, -0.1) is 0 Å². The fourth-order valence-corrected chi connectivity index (χ4v) is 6.79. The summed E-state index contributed by atoms with van der Waals surface area (Å²) in [5.74, 6) is -2.04. The molecule has 11 nitrogen and oxygen atoms in total. The highest BCUT2D eigenvalue weighted by Gasteiger charge is 2.49. The van der Waals surface area contributed by atoms with Crippen molar-refractivity contribution in [3.8, 4) is 0 Å². The number of nitrogens with zero attached hydrogens (tertiary/aromatic N) is 1. The molecule has 0 radical (unpaired) electrons. The highest BCUT2D eigenvalue weighted by atomic mass is 32.2. The van der Waals surface area contributed by atoms with Crippen molar-refractivity contribution in [2.24, 2.45) is 11.7 Å². The van der Waals surface area contributed by atoms with Gasteiger partial charge in [-0.1, -0.05) is 50.8 Å². The molecule has 1 aliphatic carbocycles. The van der Waals surface area contributed by atoms with Crippen LogP contribution in [0.25, 0.3) is 0 Å². The number of aryl methyl sites for hydroxylation is 1. The largest absolute Gasteiger partial charge is 0.368 e. The van der Waals surface area contributed by atoms with Crippen molar-refractivity contribution >= 4 is 33.7 Å². The molecule has 216 valence electrons. The molecule has 2 fully saturated rings. The van der Waals surface area contributed by atoms with Crippen LogP contribution < -0.4 is 21.1 Å². The predicted molar refractivity (Wildman–Crippen MR) is 146 cm³/mol. The minimum absolute atomic E-state index is 0.0672. The lowest BCUT2D eigenvalue weighted by atomic mass is 9.81. The summed E-state index contributed by atoms with van der Waals surface area (Å²) in [6.45, 7) is 5.63. The summed E-state index contributed by atoms with van der Waals surface area (Å²) in [4.78, 5) is 52.8. The maximum atomic E-state index is 14.1. The lowest BCUT2D eigenvalue weighted by Gasteiger charge is -2.40. The Kier molecular flexibility index (Phi) is 10.1. The van der Waals surface area contributed by atoms with Gasteiger partial charge in [0.25, 0.3) is 0 Å². The zero-order chi connectivity index (χ0) is 28.8. The first-order valence-electron chi connectivity index (χ1n) is 13.6. The topological polar surface area (TPSA) is 168 Å². The number of nitrogens with one attached hydrogen (secondary N) is 3. The zero-order valence-corrected chi connectivity index (χ0v) is 23.8. The summed E-state index contributed by atoms with van der Waals surface area (Å²) in [6.07, 6.45) is 4.25. The maximum absolute atomic E-state index is 14.1. The third-order valence-electron chi connectivity index (χ3n) is 7.37. The average molecular weight is 564 g/mol. The molecule has 4 amide bonds. The highest BCUT2D eigenvalue weighted by molar-refractivity contribution is 7.89. The SMILES string of the molecule is Cc1ccc(S(=O)(=O)NC2(C(=O)N3CCC[C@H]3C(=O)N[C@@H](CC(C)C)C(=O)NCC(N)=O)CCCCC2)cc1. The smallest absolute Gasteiger partial charge is 0.244 e. The van der Waals surface area contributed by atoms with E-state index in [2.05, 4.69) is 15.4 Å². The van der Waals surface area contributed by atoms with E-state index in [1.807, 2.05) is 20.8 Å². The summed E-state index contributed by atoms with van der Waals surface area (Å²) < 4.78 is 29.4. The van der Waals surface area contributed by atoms with Gasteiger partial charge in [0.05, 0.1) is 11.4 Å². The lowest BCUT2D eigenvalue weighted by Crippen LogP contribution is -2.63. The van der Waals surface area contributed by atoms with E-state index in [-0.39, 0.29) is 17.4 Å². The molecule has 1 heterocycles. The van der Waals surface area contributed by atoms with Crippen LogP contribution in [0.5, 0.6) is 0 Å². The molecule has 0 aromatic heterocycles. The minimum atomic E-state index is -3.99. The van der Waals surface area contributed by atoms with Gasteiger partial charge in [0.15, 0.2) is 0 Å². The lowest BCUT2D eigenvalue weighted by molar-refractivity contribution is -0.145.